The molecule has 0 aliphatic carbocycles. The third kappa shape index (κ3) is 9.48. The molecule has 3 atom stereocenters. The highest BCUT2D eigenvalue weighted by Gasteiger charge is 2.63. The Bertz CT molecular complexity index is 1630. The van der Waals surface area contributed by atoms with Crippen LogP contribution in [-0.4, -0.2) is 84.1 Å². The number of carbonyl (C=O) groups is 1. The number of rotatable bonds is 13. The van der Waals surface area contributed by atoms with Crippen LogP contribution in [0.5, 0.6) is 6.01 Å². The summed E-state index contributed by atoms with van der Waals surface area (Å²) >= 11 is 10.4. The number of hydrogen-bond donors (Lipinski definition) is 0. The van der Waals surface area contributed by atoms with Crippen LogP contribution < -0.4 is 4.74 Å². The topological polar surface area (TPSA) is 103 Å². The lowest BCUT2D eigenvalue weighted by atomic mass is 10.1. The summed E-state index contributed by atoms with van der Waals surface area (Å²) in [5.41, 5.74) is 2.57. The van der Waals surface area contributed by atoms with Crippen molar-refractivity contribution in [2.24, 2.45) is 0 Å². The number of pyridine rings is 1. The average molecular weight is 829 g/mol. The Morgan fingerprint density at radius 1 is 1.02 bits per heavy atom. The largest absolute Gasteiger partial charge is 0.467 e. The van der Waals surface area contributed by atoms with Crippen LogP contribution in [0.25, 0.3) is 22.4 Å². The zero-order valence-electron chi connectivity index (χ0n) is 31.9. The zero-order valence-corrected chi connectivity index (χ0v) is 37.2. The molecule has 1 saturated heterocycles. The first-order valence-electron chi connectivity index (χ1n) is 17.1. The Kier molecular flexibility index (Phi) is 12.7. The number of imidazole rings is 1. The molecule has 3 heterocycles. The molecule has 10 nitrogen and oxygen atoms in total. The monoisotopic (exact) mass is 827 g/mol. The van der Waals surface area contributed by atoms with Crippen molar-refractivity contribution in [2.75, 3.05) is 20.3 Å². The van der Waals surface area contributed by atoms with Crippen molar-refractivity contribution in [1.29, 1.82) is 0 Å². The van der Waals surface area contributed by atoms with Crippen molar-refractivity contribution in [3.05, 3.63) is 39.8 Å². The van der Waals surface area contributed by atoms with Crippen LogP contribution >= 0.6 is 27.5 Å². The highest BCUT2D eigenvalue weighted by atomic mass is 79.9. The molecule has 50 heavy (non-hydrogen) atoms. The minimum Gasteiger partial charge on any atom is -0.467 e. The zero-order chi connectivity index (χ0) is 37.4. The van der Waals surface area contributed by atoms with E-state index >= 15 is 0 Å². The van der Waals surface area contributed by atoms with Crippen LogP contribution in [0, 0.1) is 0 Å². The Hall–Kier alpha value is -1.63. The smallest absolute Gasteiger partial charge is 0.339 e. The molecule has 0 radical (unpaired) electrons. The highest BCUT2D eigenvalue weighted by molar-refractivity contribution is 9.10. The summed E-state index contributed by atoms with van der Waals surface area (Å²) in [7, 11) is -5.34. The van der Waals surface area contributed by atoms with Crippen molar-refractivity contribution in [3.8, 4) is 17.3 Å². The van der Waals surface area contributed by atoms with Gasteiger partial charge >= 0.3 is 20.5 Å². The van der Waals surface area contributed by atoms with Gasteiger partial charge in [-0.1, -0.05) is 101 Å². The maximum atomic E-state index is 13.2. The van der Waals surface area contributed by atoms with E-state index in [2.05, 4.69) is 96.8 Å². The van der Waals surface area contributed by atoms with Crippen LogP contribution in [0.4, 0.5) is 0 Å². The Labute approximate surface area is 314 Å². The fraction of sp³-hybridized carbons (Fsp3) is 0.629. The molecule has 1 aliphatic heterocycles. The number of fused-ring (bicyclic) bond motifs is 1. The number of carbonyl (C=O) groups excluding carboxylic acids is 1. The molecule has 0 spiro atoms. The summed E-state index contributed by atoms with van der Waals surface area (Å²) < 4.78 is 41.5. The molecular weight excluding hydrogens is 774 g/mol. The molecule has 3 aromatic rings. The third-order valence-electron chi connectivity index (χ3n) is 8.52. The summed E-state index contributed by atoms with van der Waals surface area (Å²) in [4.78, 5) is 23.0. The van der Waals surface area contributed by atoms with Gasteiger partial charge in [0, 0.05) is 34.8 Å². The molecule has 15 heteroatoms. The molecule has 0 unspecified atom stereocenters. The lowest BCUT2D eigenvalue weighted by molar-refractivity contribution is -0.155. The Balaban J connectivity index is 1.81. The number of nitrogens with zero attached hydrogens (tertiary/aromatic N) is 3. The van der Waals surface area contributed by atoms with Crippen LogP contribution in [0.15, 0.2) is 34.8 Å². The maximum Gasteiger partial charge on any atom is 0.339 e. The second kappa shape index (κ2) is 15.4. The summed E-state index contributed by atoms with van der Waals surface area (Å²) in [5, 5.41) is -0.276. The van der Waals surface area contributed by atoms with Crippen LogP contribution in [0.1, 0.15) is 41.5 Å². The molecule has 278 valence electrons. The van der Waals surface area contributed by atoms with E-state index < -0.39 is 49.2 Å². The van der Waals surface area contributed by atoms with E-state index in [4.69, 9.17) is 49.1 Å². The van der Waals surface area contributed by atoms with Gasteiger partial charge in [0.05, 0.1) is 29.9 Å². The average Bonchev–Trinajstić information content (AvgIpc) is 3.52. The molecule has 1 aliphatic rings. The van der Waals surface area contributed by atoms with E-state index in [0.717, 1.165) is 16.1 Å². The molecule has 0 bridgehead atoms. The van der Waals surface area contributed by atoms with Gasteiger partial charge in [0.2, 0.25) is 0 Å². The first-order chi connectivity index (χ1) is 23.0. The second-order valence-corrected chi connectivity index (χ2v) is 33.6. The number of esters is 1. The number of benzene rings is 1. The second-order valence-electron chi connectivity index (χ2n) is 17.2. The van der Waals surface area contributed by atoms with Gasteiger partial charge in [-0.05, 0) is 43.9 Å². The van der Waals surface area contributed by atoms with E-state index in [0.29, 0.717) is 28.5 Å². The molecule has 0 N–H and O–H groups in total. The van der Waals surface area contributed by atoms with E-state index in [1.807, 2.05) is 34.9 Å². The fourth-order valence-corrected chi connectivity index (χ4v) is 17.3. The molecule has 2 aromatic heterocycles. The minimum atomic E-state index is -3.19. The standard InChI is InChI=1S/C35H55BrClN3O7Si3/c1-34(2,3)50(35(4,5)6,47-49(11,12)13)46-29-27(21-44-30(29)32(41)42-7)45-33-39-31-26(40(33)22-43-18-19-48(8,9)10)20-25(37)28(38-31)23-14-16-24(36)17-15-23/h14-17,20,27,29-30H,18-19,21-22H2,1-13H3/t27-,29+,30+/m1/s1. The lowest BCUT2D eigenvalue weighted by Gasteiger charge is -2.53. The summed E-state index contributed by atoms with van der Waals surface area (Å²) in [6.45, 7) is 27.2. The van der Waals surface area contributed by atoms with Crippen LogP contribution in [-0.2, 0) is 34.3 Å². The molecule has 0 amide bonds. The predicted molar refractivity (Wildman–Crippen MR) is 210 cm³/mol. The molecular formula is C35H55BrClN3O7Si3. The van der Waals surface area contributed by atoms with Crippen molar-refractivity contribution >= 4 is 69.6 Å². The highest BCUT2D eigenvalue weighted by Crippen LogP contribution is 2.54. The van der Waals surface area contributed by atoms with Gasteiger partial charge < -0.3 is 27.5 Å². The number of halogens is 2. The lowest BCUT2D eigenvalue weighted by Crippen LogP contribution is -2.65. The fourth-order valence-electron chi connectivity index (χ4n) is 6.27. The van der Waals surface area contributed by atoms with Crippen LogP contribution in [0.2, 0.25) is 60.4 Å². The van der Waals surface area contributed by atoms with Crippen LogP contribution in [0.3, 0.4) is 0 Å². The van der Waals surface area contributed by atoms with Gasteiger partial charge in [0.1, 0.15) is 12.8 Å². The first-order valence-corrected chi connectivity index (χ1v) is 27.2. The molecule has 1 fully saturated rings. The van der Waals surface area contributed by atoms with Crippen molar-refractivity contribution in [3.63, 3.8) is 0 Å². The summed E-state index contributed by atoms with van der Waals surface area (Å²) in [6.07, 6.45) is -2.58. The number of aromatic nitrogens is 3. The third-order valence-corrected chi connectivity index (χ3v) is 19.2. The number of methoxy groups -OCH3 is 1. The molecule has 1 aromatic carbocycles. The van der Waals surface area contributed by atoms with Gasteiger partial charge in [-0.3, -0.25) is 4.57 Å². The first kappa shape index (κ1) is 41.1. The number of ether oxygens (including phenoxy) is 4. The quantitative estimate of drug-likeness (QED) is 0.0948. The van der Waals surface area contributed by atoms with E-state index in [1.165, 1.54) is 7.11 Å². The Morgan fingerprint density at radius 2 is 1.64 bits per heavy atom. The van der Waals surface area contributed by atoms with Gasteiger partial charge in [0.25, 0.3) is 0 Å². The van der Waals surface area contributed by atoms with Gasteiger partial charge in [-0.15, -0.1) is 0 Å². The van der Waals surface area contributed by atoms with Gasteiger partial charge in [-0.25, -0.2) is 9.78 Å². The van der Waals surface area contributed by atoms with Crippen molar-refractivity contribution in [2.45, 2.75) is 122 Å². The van der Waals surface area contributed by atoms with E-state index in [-0.39, 0.29) is 29.4 Å². The van der Waals surface area contributed by atoms with E-state index in [9.17, 15) is 4.79 Å². The minimum absolute atomic E-state index is 0.0775. The molecule has 4 rings (SSSR count). The van der Waals surface area contributed by atoms with Crippen molar-refractivity contribution in [1.82, 2.24) is 14.5 Å². The van der Waals surface area contributed by atoms with Gasteiger partial charge in [-0.2, -0.15) is 4.98 Å². The Morgan fingerprint density at radius 3 is 2.18 bits per heavy atom. The normalized spacial score (nSPS) is 19.3. The number of hydrogen-bond acceptors (Lipinski definition) is 9. The predicted octanol–water partition coefficient (Wildman–Crippen LogP) is 9.42. The molecule has 0 saturated carbocycles. The summed E-state index contributed by atoms with van der Waals surface area (Å²) in [5.74, 6) is -0.532. The van der Waals surface area contributed by atoms with E-state index in [1.54, 1.807) is 0 Å². The summed E-state index contributed by atoms with van der Waals surface area (Å²) in [6, 6.07) is 10.9. The van der Waals surface area contributed by atoms with Gasteiger partial charge in [0.15, 0.2) is 26.2 Å². The maximum absolute atomic E-state index is 13.2. The SMILES string of the molecule is COC(=O)[C@H]1OC[C@@H](Oc2nc3nc(-c4ccc(Br)cc4)c(Cl)cc3n2COCC[Si](C)(C)C)[C@@H]1O[Si](O[Si](C)(C)C)(C(C)(C)C)C(C)(C)C. The van der Waals surface area contributed by atoms with Crippen molar-refractivity contribution < 1.29 is 32.3 Å².